The molecular weight excluding hydrogens is 379 g/mol. The van der Waals surface area contributed by atoms with Gasteiger partial charge in [0.05, 0.1) is 0 Å². The van der Waals surface area contributed by atoms with Crippen molar-refractivity contribution in [1.29, 1.82) is 0 Å². The molecule has 0 aromatic carbocycles. The van der Waals surface area contributed by atoms with E-state index in [2.05, 4.69) is 20.2 Å². The number of oxime groups is 1. The average molecular weight is 389 g/mol. The second-order valence-electron chi connectivity index (χ2n) is 3.54. The molecule has 0 saturated carbocycles. The fourth-order valence-electron chi connectivity index (χ4n) is 1.04. The summed E-state index contributed by atoms with van der Waals surface area (Å²) in [5.74, 6) is -1.07. The van der Waals surface area contributed by atoms with Gasteiger partial charge in [-0.25, -0.2) is 9.78 Å². The van der Waals surface area contributed by atoms with Crippen LogP contribution >= 0.6 is 46.1 Å². The first kappa shape index (κ1) is 18.8. The van der Waals surface area contributed by atoms with Crippen LogP contribution < -0.4 is 11.1 Å². The molecule has 8 nitrogen and oxygen atoms in total. The normalized spacial score (nSPS) is 11.9. The Morgan fingerprint density at radius 2 is 2.18 bits per heavy atom. The summed E-state index contributed by atoms with van der Waals surface area (Å²) in [4.78, 5) is 31.3. The second-order valence-corrected chi connectivity index (χ2v) is 6.92. The van der Waals surface area contributed by atoms with Crippen molar-refractivity contribution in [2.24, 2.45) is 5.16 Å². The molecule has 1 heterocycles. The number of nitrogens with one attached hydrogen (secondary N) is 2. The molecule has 0 bridgehead atoms. The van der Waals surface area contributed by atoms with Crippen molar-refractivity contribution in [1.82, 2.24) is 10.7 Å². The monoisotopic (exact) mass is 387 g/mol. The molecule has 0 atom stereocenters. The number of halogens is 3. The summed E-state index contributed by atoms with van der Waals surface area (Å²) in [6, 6.07) is 0. The number of ether oxygens (including phenoxy) is 1. The van der Waals surface area contributed by atoms with Crippen LogP contribution in [0.3, 0.4) is 0 Å². The van der Waals surface area contributed by atoms with Crippen molar-refractivity contribution in [2.75, 3.05) is 18.5 Å². The maximum atomic E-state index is 11.4. The molecule has 12 heteroatoms. The summed E-state index contributed by atoms with van der Waals surface area (Å²) >= 11 is 17.3. The van der Waals surface area contributed by atoms with Gasteiger partial charge in [0.15, 0.2) is 10.8 Å². The minimum Gasteiger partial charge on any atom is -0.445 e. The van der Waals surface area contributed by atoms with Crippen molar-refractivity contribution in [2.45, 2.75) is 10.7 Å². The van der Waals surface area contributed by atoms with Gasteiger partial charge in [-0.1, -0.05) is 40.0 Å². The summed E-state index contributed by atoms with van der Waals surface area (Å²) in [5, 5.41) is 7.33. The summed E-state index contributed by atoms with van der Waals surface area (Å²) in [7, 11) is 0. The van der Waals surface area contributed by atoms with E-state index >= 15 is 0 Å². The second kappa shape index (κ2) is 8.37. The first-order chi connectivity index (χ1) is 10.2. The number of amides is 2. The molecule has 0 spiro atoms. The molecule has 0 aliphatic rings. The largest absolute Gasteiger partial charge is 0.445 e. The lowest BCUT2D eigenvalue weighted by Crippen LogP contribution is -2.21. The Morgan fingerprint density at radius 1 is 1.50 bits per heavy atom. The number of thiazole rings is 1. The molecule has 0 fully saturated rings. The van der Waals surface area contributed by atoms with Crippen LogP contribution in [-0.4, -0.2) is 39.7 Å². The highest BCUT2D eigenvalue weighted by Crippen LogP contribution is 2.26. The van der Waals surface area contributed by atoms with Gasteiger partial charge in [0.1, 0.15) is 18.9 Å². The van der Waals surface area contributed by atoms with E-state index in [1.54, 1.807) is 6.92 Å². The van der Waals surface area contributed by atoms with Gasteiger partial charge in [-0.05, 0) is 6.92 Å². The number of aromatic nitrogens is 1. The zero-order valence-electron chi connectivity index (χ0n) is 11.1. The summed E-state index contributed by atoms with van der Waals surface area (Å²) in [6.45, 7) is 1.46. The molecule has 1 aromatic rings. The van der Waals surface area contributed by atoms with E-state index in [4.69, 9.17) is 45.4 Å². The molecule has 2 N–H and O–H groups in total. The Labute approximate surface area is 144 Å². The number of rotatable bonds is 6. The Bertz CT molecular complexity index is 573. The number of carbonyl (C=O) groups excluding carboxylic acids is 2. The average Bonchev–Trinajstić information content (AvgIpc) is 2.84. The van der Waals surface area contributed by atoms with Crippen LogP contribution in [0, 0.1) is 0 Å². The summed E-state index contributed by atoms with van der Waals surface area (Å²) < 4.78 is 2.93. The zero-order valence-corrected chi connectivity index (χ0v) is 14.1. The Kier molecular flexibility index (Phi) is 7.14. The van der Waals surface area contributed by atoms with Gasteiger partial charge in [-0.15, -0.1) is 11.3 Å². The summed E-state index contributed by atoms with van der Waals surface area (Å²) in [6.07, 6.45) is -0.882. The highest BCUT2D eigenvalue weighted by Gasteiger charge is 2.23. The number of anilines is 1. The van der Waals surface area contributed by atoms with Gasteiger partial charge in [0.2, 0.25) is 3.79 Å². The van der Waals surface area contributed by atoms with E-state index in [0.29, 0.717) is 0 Å². The van der Waals surface area contributed by atoms with E-state index in [0.717, 1.165) is 11.3 Å². The first-order valence-electron chi connectivity index (χ1n) is 5.65. The molecule has 0 aliphatic heterocycles. The molecule has 22 heavy (non-hydrogen) atoms. The number of alkyl halides is 3. The molecule has 1 rings (SSSR count). The number of hydrogen-bond donors (Lipinski definition) is 1. The van der Waals surface area contributed by atoms with E-state index in [-0.39, 0.29) is 23.1 Å². The topological polar surface area (TPSA) is 114 Å². The van der Waals surface area contributed by atoms with Crippen LogP contribution in [0.15, 0.2) is 10.5 Å². The van der Waals surface area contributed by atoms with Gasteiger partial charge in [-0.2, -0.15) is 0 Å². The van der Waals surface area contributed by atoms with Crippen molar-refractivity contribution in [3.63, 3.8) is 0 Å². The van der Waals surface area contributed by atoms with Crippen LogP contribution in [0.25, 0.3) is 0 Å². The maximum absolute atomic E-state index is 11.4. The van der Waals surface area contributed by atoms with Crippen molar-refractivity contribution >= 4 is 69.0 Å². The zero-order chi connectivity index (χ0) is 16.8. The SMILES string of the molecule is CCON=C(C([NH])=O)c1csc(NC(=O)OCC(Cl)(Cl)Cl)n1. The maximum Gasteiger partial charge on any atom is 0.413 e. The third kappa shape index (κ3) is 6.65. The third-order valence-electron chi connectivity index (χ3n) is 1.82. The molecule has 1 aromatic heterocycles. The molecule has 0 saturated heterocycles. The van der Waals surface area contributed by atoms with Gasteiger partial charge in [0, 0.05) is 5.38 Å². The molecule has 0 unspecified atom stereocenters. The van der Waals surface area contributed by atoms with E-state index in [9.17, 15) is 9.59 Å². The molecule has 1 radical (unpaired) electrons. The van der Waals surface area contributed by atoms with Gasteiger partial charge < -0.3 is 9.57 Å². The quantitative estimate of drug-likeness (QED) is 0.457. The third-order valence-corrected chi connectivity index (χ3v) is 2.91. The first-order valence-corrected chi connectivity index (χ1v) is 7.66. The molecular formula is C10H10Cl3N4O4S. The molecule has 2 amide bonds. The standard InChI is InChI=1S/C10H10Cl3N4O4S/c1-2-21-17-6(7(14)18)5-3-22-8(15-5)16-9(19)20-4-10(11,12)13/h3,14H,2,4H2,1H3,(H,15,16,19). The minimum atomic E-state index is -1.72. The van der Waals surface area contributed by atoms with Crippen LogP contribution in [0.5, 0.6) is 0 Å². The van der Waals surface area contributed by atoms with Crippen molar-refractivity contribution in [3.05, 3.63) is 11.1 Å². The predicted octanol–water partition coefficient (Wildman–Crippen LogP) is 2.61. The highest BCUT2D eigenvalue weighted by molar-refractivity contribution is 7.14. The number of hydrogen-bond acceptors (Lipinski definition) is 7. The van der Waals surface area contributed by atoms with Gasteiger partial charge in [-0.3, -0.25) is 15.8 Å². The van der Waals surface area contributed by atoms with Gasteiger partial charge >= 0.3 is 6.09 Å². The van der Waals surface area contributed by atoms with Crippen LogP contribution in [0.2, 0.25) is 0 Å². The molecule has 121 valence electrons. The Hall–Kier alpha value is -1.29. The van der Waals surface area contributed by atoms with E-state index < -0.39 is 22.4 Å². The van der Waals surface area contributed by atoms with E-state index in [1.165, 1.54) is 5.38 Å². The van der Waals surface area contributed by atoms with Gasteiger partial charge in [0.25, 0.3) is 5.91 Å². The number of nitrogens with zero attached hydrogens (tertiary/aromatic N) is 2. The highest BCUT2D eigenvalue weighted by atomic mass is 35.6. The smallest absolute Gasteiger partial charge is 0.413 e. The van der Waals surface area contributed by atoms with Crippen LogP contribution in [0.1, 0.15) is 12.6 Å². The summed E-state index contributed by atoms with van der Waals surface area (Å²) in [5.41, 5.74) is 6.91. The lowest BCUT2D eigenvalue weighted by molar-refractivity contribution is -0.112. The fourth-order valence-corrected chi connectivity index (χ4v) is 1.89. The van der Waals surface area contributed by atoms with E-state index in [1.807, 2.05) is 0 Å². The van der Waals surface area contributed by atoms with Crippen LogP contribution in [0.4, 0.5) is 9.93 Å². The predicted molar refractivity (Wildman–Crippen MR) is 83.6 cm³/mol. The lowest BCUT2D eigenvalue weighted by atomic mass is 10.3. The lowest BCUT2D eigenvalue weighted by Gasteiger charge is -2.10. The minimum absolute atomic E-state index is 0.0927. The van der Waals surface area contributed by atoms with Crippen molar-refractivity contribution in [3.8, 4) is 0 Å². The molecule has 0 aliphatic carbocycles. The van der Waals surface area contributed by atoms with Crippen molar-refractivity contribution < 1.29 is 19.2 Å². The Balaban J connectivity index is 2.71. The Morgan fingerprint density at radius 3 is 2.73 bits per heavy atom. The number of carbonyl (C=O) groups is 2. The van der Waals surface area contributed by atoms with Crippen LogP contribution in [-0.2, 0) is 14.4 Å². The fraction of sp³-hybridized carbons (Fsp3) is 0.400.